The molecule has 1 aromatic carbocycles. The maximum atomic E-state index is 13.6. The van der Waals surface area contributed by atoms with Crippen LogP contribution in [-0.4, -0.2) is 11.1 Å². The van der Waals surface area contributed by atoms with E-state index in [-0.39, 0.29) is 5.82 Å². The minimum absolute atomic E-state index is 0.254. The number of benzene rings is 1. The van der Waals surface area contributed by atoms with Gasteiger partial charge in [-0.05, 0) is 25.1 Å². The summed E-state index contributed by atoms with van der Waals surface area (Å²) in [5, 5.41) is 1.33. The van der Waals surface area contributed by atoms with E-state index in [1.807, 2.05) is 17.6 Å². The van der Waals surface area contributed by atoms with Gasteiger partial charge in [-0.2, -0.15) is 0 Å². The summed E-state index contributed by atoms with van der Waals surface area (Å²) < 4.78 is 15.5. The number of aromatic nitrogens is 1. The van der Waals surface area contributed by atoms with Crippen LogP contribution in [0, 0.1) is 12.7 Å². The molecule has 0 spiro atoms. The van der Waals surface area contributed by atoms with Crippen molar-refractivity contribution in [1.82, 2.24) is 4.57 Å². The molecular weight excluding hydrogens is 215 g/mol. The van der Waals surface area contributed by atoms with Gasteiger partial charge < -0.3 is 10.3 Å². The van der Waals surface area contributed by atoms with Crippen molar-refractivity contribution in [2.45, 2.75) is 13.5 Å². The quantitative estimate of drug-likeness (QED) is 0.839. The molecule has 0 aliphatic carbocycles. The Morgan fingerprint density at radius 1 is 1.47 bits per heavy atom. The van der Waals surface area contributed by atoms with E-state index in [0.717, 1.165) is 11.1 Å². The van der Waals surface area contributed by atoms with E-state index >= 15 is 0 Å². The number of halogens is 2. The summed E-state index contributed by atoms with van der Waals surface area (Å²) >= 11 is 6.00. The molecule has 1 aromatic heterocycles. The molecule has 0 unspecified atom stereocenters. The number of nitrogens with zero attached hydrogens (tertiary/aromatic N) is 1. The Bertz CT molecular complexity index is 505. The fourth-order valence-electron chi connectivity index (χ4n) is 1.85. The molecule has 2 nitrogen and oxygen atoms in total. The minimum atomic E-state index is -0.254. The van der Waals surface area contributed by atoms with E-state index in [9.17, 15) is 4.39 Å². The van der Waals surface area contributed by atoms with Gasteiger partial charge >= 0.3 is 0 Å². The molecule has 0 fully saturated rings. The average molecular weight is 227 g/mol. The summed E-state index contributed by atoms with van der Waals surface area (Å²) in [7, 11) is 0. The third kappa shape index (κ3) is 1.62. The highest BCUT2D eigenvalue weighted by molar-refractivity contribution is 6.35. The van der Waals surface area contributed by atoms with Crippen LogP contribution in [0.5, 0.6) is 0 Å². The Balaban J connectivity index is 2.79. The van der Waals surface area contributed by atoms with Gasteiger partial charge in [0.25, 0.3) is 0 Å². The number of fused-ring (bicyclic) bond motifs is 1. The van der Waals surface area contributed by atoms with Crippen molar-refractivity contribution in [1.29, 1.82) is 0 Å². The highest BCUT2D eigenvalue weighted by atomic mass is 35.5. The first-order valence-electron chi connectivity index (χ1n) is 4.79. The summed E-state index contributed by atoms with van der Waals surface area (Å²) in [4.78, 5) is 0. The Morgan fingerprint density at radius 3 is 2.87 bits per heavy atom. The minimum Gasteiger partial charge on any atom is -0.341 e. The highest BCUT2D eigenvalue weighted by Gasteiger charge is 2.11. The standard InChI is InChI=1S/C11H12ClFN2/c1-7-6-8-9(12)2-3-10(13)11(8)15(7)5-4-14/h2-3,6H,4-5,14H2,1H3. The molecule has 0 bridgehead atoms. The second-order valence-electron chi connectivity index (χ2n) is 3.52. The van der Waals surface area contributed by atoms with Gasteiger partial charge in [0.1, 0.15) is 5.82 Å². The molecule has 0 saturated heterocycles. The van der Waals surface area contributed by atoms with E-state index in [4.69, 9.17) is 17.3 Å². The van der Waals surface area contributed by atoms with Crippen LogP contribution in [-0.2, 0) is 6.54 Å². The Labute approximate surface area is 92.4 Å². The Morgan fingerprint density at radius 2 is 2.20 bits per heavy atom. The van der Waals surface area contributed by atoms with E-state index in [2.05, 4.69) is 0 Å². The van der Waals surface area contributed by atoms with Gasteiger partial charge in [-0.15, -0.1) is 0 Å². The third-order valence-electron chi connectivity index (χ3n) is 2.52. The second kappa shape index (κ2) is 3.83. The van der Waals surface area contributed by atoms with Crippen molar-refractivity contribution in [3.8, 4) is 0 Å². The fourth-order valence-corrected chi connectivity index (χ4v) is 2.06. The van der Waals surface area contributed by atoms with Crippen LogP contribution in [0.2, 0.25) is 5.02 Å². The number of rotatable bonds is 2. The van der Waals surface area contributed by atoms with Gasteiger partial charge in [0, 0.05) is 24.2 Å². The van der Waals surface area contributed by atoms with Gasteiger partial charge in [-0.1, -0.05) is 11.6 Å². The van der Waals surface area contributed by atoms with Crippen molar-refractivity contribution in [2.24, 2.45) is 5.73 Å². The van der Waals surface area contributed by atoms with Crippen molar-refractivity contribution >= 4 is 22.5 Å². The third-order valence-corrected chi connectivity index (χ3v) is 2.85. The molecule has 0 amide bonds. The monoisotopic (exact) mass is 226 g/mol. The highest BCUT2D eigenvalue weighted by Crippen LogP contribution is 2.28. The fraction of sp³-hybridized carbons (Fsp3) is 0.273. The molecule has 4 heteroatoms. The molecule has 0 aliphatic heterocycles. The van der Waals surface area contributed by atoms with Crippen LogP contribution in [0.25, 0.3) is 10.9 Å². The first kappa shape index (κ1) is 10.5. The van der Waals surface area contributed by atoms with Crippen LogP contribution >= 0.6 is 11.6 Å². The van der Waals surface area contributed by atoms with Crippen molar-refractivity contribution < 1.29 is 4.39 Å². The van der Waals surface area contributed by atoms with Gasteiger partial charge in [-0.25, -0.2) is 4.39 Å². The zero-order chi connectivity index (χ0) is 11.0. The zero-order valence-corrected chi connectivity index (χ0v) is 9.18. The first-order valence-corrected chi connectivity index (χ1v) is 5.17. The summed E-state index contributed by atoms with van der Waals surface area (Å²) in [5.41, 5.74) is 7.01. The Kier molecular flexibility index (Phi) is 2.67. The molecular formula is C11H12ClFN2. The maximum absolute atomic E-state index is 13.6. The predicted octanol–water partition coefficient (Wildman–Crippen LogP) is 2.70. The van der Waals surface area contributed by atoms with Crippen molar-refractivity contribution in [3.05, 3.63) is 34.7 Å². The second-order valence-corrected chi connectivity index (χ2v) is 3.92. The normalized spacial score (nSPS) is 11.2. The molecule has 0 atom stereocenters. The molecule has 0 radical (unpaired) electrons. The van der Waals surface area contributed by atoms with E-state index in [1.54, 1.807) is 6.07 Å². The molecule has 0 saturated carbocycles. The lowest BCUT2D eigenvalue weighted by molar-refractivity contribution is 0.619. The Hall–Kier alpha value is -1.06. The van der Waals surface area contributed by atoms with Crippen LogP contribution in [0.4, 0.5) is 4.39 Å². The van der Waals surface area contributed by atoms with E-state index in [1.165, 1.54) is 6.07 Å². The number of nitrogens with two attached hydrogens (primary N) is 1. The largest absolute Gasteiger partial charge is 0.341 e. The summed E-state index contributed by atoms with van der Waals surface area (Å²) in [6.45, 7) is 3.01. The van der Waals surface area contributed by atoms with Gasteiger partial charge in [-0.3, -0.25) is 0 Å². The van der Waals surface area contributed by atoms with Crippen molar-refractivity contribution in [2.75, 3.05) is 6.54 Å². The van der Waals surface area contributed by atoms with E-state index < -0.39 is 0 Å². The first-order chi connectivity index (χ1) is 7.15. The van der Waals surface area contributed by atoms with Crippen LogP contribution < -0.4 is 5.73 Å². The molecule has 0 aliphatic rings. The van der Waals surface area contributed by atoms with E-state index in [0.29, 0.717) is 23.6 Å². The predicted molar refractivity (Wildman–Crippen MR) is 60.7 cm³/mol. The average Bonchev–Trinajstić information content (AvgIpc) is 2.53. The van der Waals surface area contributed by atoms with Crippen molar-refractivity contribution in [3.63, 3.8) is 0 Å². The number of hydrogen-bond donors (Lipinski definition) is 1. The molecule has 80 valence electrons. The smallest absolute Gasteiger partial charge is 0.147 e. The van der Waals surface area contributed by atoms with Gasteiger partial charge in [0.15, 0.2) is 0 Å². The summed E-state index contributed by atoms with van der Waals surface area (Å²) in [6, 6.07) is 4.85. The lowest BCUT2D eigenvalue weighted by Crippen LogP contribution is -2.11. The molecule has 2 aromatic rings. The number of hydrogen-bond acceptors (Lipinski definition) is 1. The molecule has 2 rings (SSSR count). The summed E-state index contributed by atoms with van der Waals surface area (Å²) in [6.07, 6.45) is 0. The summed E-state index contributed by atoms with van der Waals surface area (Å²) in [5.74, 6) is -0.254. The molecule has 15 heavy (non-hydrogen) atoms. The van der Waals surface area contributed by atoms with Crippen LogP contribution in [0.15, 0.2) is 18.2 Å². The van der Waals surface area contributed by atoms with Crippen LogP contribution in [0.3, 0.4) is 0 Å². The van der Waals surface area contributed by atoms with Crippen LogP contribution in [0.1, 0.15) is 5.69 Å². The SMILES string of the molecule is Cc1cc2c(Cl)ccc(F)c2n1CCN. The van der Waals surface area contributed by atoms with Gasteiger partial charge in [0.05, 0.1) is 10.5 Å². The molecule has 1 heterocycles. The topological polar surface area (TPSA) is 30.9 Å². The van der Waals surface area contributed by atoms with Gasteiger partial charge in [0.2, 0.25) is 0 Å². The maximum Gasteiger partial charge on any atom is 0.147 e. The molecule has 2 N–H and O–H groups in total. The lowest BCUT2D eigenvalue weighted by Gasteiger charge is -2.06. The lowest BCUT2D eigenvalue weighted by atomic mass is 10.2. The number of aryl methyl sites for hydroxylation is 1. The zero-order valence-electron chi connectivity index (χ0n) is 8.43.